The second kappa shape index (κ2) is 7.89. The van der Waals surface area contributed by atoms with Crippen LogP contribution in [0.3, 0.4) is 0 Å². The first-order chi connectivity index (χ1) is 12.5. The van der Waals surface area contributed by atoms with Gasteiger partial charge in [0.05, 0.1) is 0 Å². The number of Topliss-reactive ketones (excluding diaryl/α,β-unsaturated/α-hetero) is 1. The Morgan fingerprint density at radius 2 is 1.65 bits per heavy atom. The highest BCUT2D eigenvalue weighted by Crippen LogP contribution is 2.24. The maximum Gasteiger partial charge on any atom is 0.321 e. The van der Waals surface area contributed by atoms with Crippen LogP contribution in [-0.4, -0.2) is 53.7 Å². The minimum Gasteiger partial charge on any atom is -0.339 e. The van der Waals surface area contributed by atoms with Crippen LogP contribution >= 0.6 is 0 Å². The highest BCUT2D eigenvalue weighted by atomic mass is 16.2. The van der Waals surface area contributed by atoms with Crippen LogP contribution in [0.4, 0.5) is 10.5 Å². The van der Waals surface area contributed by atoms with Crippen molar-refractivity contribution in [3.63, 3.8) is 0 Å². The smallest absolute Gasteiger partial charge is 0.321 e. The van der Waals surface area contributed by atoms with Crippen molar-refractivity contribution >= 4 is 23.4 Å². The molecule has 1 saturated heterocycles. The number of ketones is 1. The van der Waals surface area contributed by atoms with Gasteiger partial charge in [-0.3, -0.25) is 9.59 Å². The fraction of sp³-hybridized carbons (Fsp3) is 0.550. The molecule has 1 aliphatic heterocycles. The van der Waals surface area contributed by atoms with Gasteiger partial charge >= 0.3 is 6.03 Å². The molecule has 1 aromatic carbocycles. The summed E-state index contributed by atoms with van der Waals surface area (Å²) in [6.07, 6.45) is 3.45. The molecule has 0 spiro atoms. The maximum absolute atomic E-state index is 12.5. The number of hydrogen-bond acceptors (Lipinski definition) is 3. The molecule has 0 aromatic heterocycles. The molecule has 1 fully saturated rings. The van der Waals surface area contributed by atoms with Gasteiger partial charge in [-0.2, -0.15) is 0 Å². The molecule has 0 unspecified atom stereocenters. The third-order valence-corrected chi connectivity index (χ3v) is 5.13. The zero-order chi connectivity index (χ0) is 18.7. The van der Waals surface area contributed by atoms with E-state index in [0.29, 0.717) is 38.3 Å². The summed E-state index contributed by atoms with van der Waals surface area (Å²) in [7, 11) is 0. The number of carbonyl (C=O) groups is 3. The van der Waals surface area contributed by atoms with Crippen molar-refractivity contribution in [1.29, 1.82) is 0 Å². The first kappa shape index (κ1) is 18.4. The first-order valence-corrected chi connectivity index (χ1v) is 9.46. The molecule has 6 heteroatoms. The molecule has 3 rings (SSSR count). The van der Waals surface area contributed by atoms with E-state index in [1.807, 2.05) is 30.9 Å². The highest BCUT2D eigenvalue weighted by molar-refractivity contribution is 6.00. The Morgan fingerprint density at radius 3 is 2.35 bits per heavy atom. The standard InChI is InChI=1S/C20H27N3O3/c1-14(2)19(25)22-9-11-23(12-10-22)20(26)21-16-8-7-15-5-3-4-6-18(24)17(15)13-16/h7-8,13-14H,3-6,9-12H2,1-2H3,(H,21,26). The van der Waals surface area contributed by atoms with Gasteiger partial charge in [-0.15, -0.1) is 0 Å². The molecule has 1 N–H and O–H groups in total. The fourth-order valence-corrected chi connectivity index (χ4v) is 3.57. The van der Waals surface area contributed by atoms with Crippen LogP contribution in [-0.2, 0) is 11.2 Å². The number of nitrogens with zero attached hydrogens (tertiary/aromatic N) is 2. The number of anilines is 1. The number of rotatable bonds is 2. The second-order valence-corrected chi connectivity index (χ2v) is 7.40. The number of hydrogen-bond donors (Lipinski definition) is 1. The van der Waals surface area contributed by atoms with Crippen molar-refractivity contribution in [1.82, 2.24) is 9.80 Å². The number of carbonyl (C=O) groups excluding carboxylic acids is 3. The normalized spacial score (nSPS) is 17.7. The minimum absolute atomic E-state index is 0.0208. The molecule has 0 bridgehead atoms. The van der Waals surface area contributed by atoms with E-state index < -0.39 is 0 Å². The number of amides is 3. The van der Waals surface area contributed by atoms with E-state index in [1.54, 1.807) is 11.0 Å². The predicted octanol–water partition coefficient (Wildman–Crippen LogP) is 2.93. The van der Waals surface area contributed by atoms with Gasteiger partial charge in [0.15, 0.2) is 5.78 Å². The van der Waals surface area contributed by atoms with Crippen molar-refractivity contribution in [3.05, 3.63) is 29.3 Å². The van der Waals surface area contributed by atoms with Gasteiger partial charge < -0.3 is 15.1 Å². The van der Waals surface area contributed by atoms with Crippen LogP contribution in [0.5, 0.6) is 0 Å². The van der Waals surface area contributed by atoms with E-state index in [2.05, 4.69) is 5.32 Å². The van der Waals surface area contributed by atoms with Crippen molar-refractivity contribution in [2.75, 3.05) is 31.5 Å². The van der Waals surface area contributed by atoms with E-state index in [4.69, 9.17) is 0 Å². The summed E-state index contributed by atoms with van der Waals surface area (Å²) < 4.78 is 0. The lowest BCUT2D eigenvalue weighted by Gasteiger charge is -2.35. The Morgan fingerprint density at radius 1 is 1.00 bits per heavy atom. The topological polar surface area (TPSA) is 69.7 Å². The molecular weight excluding hydrogens is 330 g/mol. The zero-order valence-corrected chi connectivity index (χ0v) is 15.6. The zero-order valence-electron chi connectivity index (χ0n) is 15.6. The summed E-state index contributed by atoms with van der Waals surface area (Å²) >= 11 is 0. The van der Waals surface area contributed by atoms with Crippen molar-refractivity contribution in [2.24, 2.45) is 5.92 Å². The molecule has 3 amide bonds. The lowest BCUT2D eigenvalue weighted by molar-refractivity contribution is -0.135. The fourth-order valence-electron chi connectivity index (χ4n) is 3.57. The Kier molecular flexibility index (Phi) is 5.59. The summed E-state index contributed by atoms with van der Waals surface area (Å²) in [4.78, 5) is 40.3. The van der Waals surface area contributed by atoms with Gasteiger partial charge in [-0.05, 0) is 37.0 Å². The molecule has 1 aliphatic carbocycles. The predicted molar refractivity (Wildman–Crippen MR) is 100 cm³/mol. The highest BCUT2D eigenvalue weighted by Gasteiger charge is 2.25. The van der Waals surface area contributed by atoms with Crippen LogP contribution in [0.1, 0.15) is 49.0 Å². The molecule has 2 aliphatic rings. The third kappa shape index (κ3) is 4.06. The van der Waals surface area contributed by atoms with Gasteiger partial charge in [-0.25, -0.2) is 4.79 Å². The monoisotopic (exact) mass is 357 g/mol. The summed E-state index contributed by atoms with van der Waals surface area (Å²) in [5.41, 5.74) is 2.48. The van der Waals surface area contributed by atoms with E-state index >= 15 is 0 Å². The molecule has 1 aromatic rings. The van der Waals surface area contributed by atoms with Crippen molar-refractivity contribution in [3.8, 4) is 0 Å². The Labute approximate surface area is 154 Å². The van der Waals surface area contributed by atoms with Gasteiger partial charge in [0.1, 0.15) is 0 Å². The van der Waals surface area contributed by atoms with Gasteiger partial charge in [0, 0.05) is 49.8 Å². The summed E-state index contributed by atoms with van der Waals surface area (Å²) in [6, 6.07) is 5.45. The summed E-state index contributed by atoms with van der Waals surface area (Å²) in [5, 5.41) is 2.90. The molecular formula is C20H27N3O3. The SMILES string of the molecule is CC(C)C(=O)N1CCN(C(=O)Nc2ccc3c(c2)C(=O)CCCC3)CC1. The molecule has 1 heterocycles. The Hall–Kier alpha value is -2.37. The van der Waals surface area contributed by atoms with Crippen molar-refractivity contribution in [2.45, 2.75) is 39.5 Å². The molecule has 26 heavy (non-hydrogen) atoms. The van der Waals surface area contributed by atoms with E-state index in [-0.39, 0.29) is 23.6 Å². The van der Waals surface area contributed by atoms with Gasteiger partial charge in [0.25, 0.3) is 0 Å². The molecule has 6 nitrogen and oxygen atoms in total. The van der Waals surface area contributed by atoms with Gasteiger partial charge in [-0.1, -0.05) is 19.9 Å². The minimum atomic E-state index is -0.178. The Bertz CT molecular complexity index is 706. The van der Waals surface area contributed by atoms with E-state index in [0.717, 1.165) is 30.4 Å². The number of urea groups is 1. The average Bonchev–Trinajstić information content (AvgIpc) is 2.82. The molecule has 140 valence electrons. The maximum atomic E-state index is 12.5. The average molecular weight is 357 g/mol. The largest absolute Gasteiger partial charge is 0.339 e. The molecule has 0 radical (unpaired) electrons. The van der Waals surface area contributed by atoms with Crippen LogP contribution in [0, 0.1) is 5.92 Å². The van der Waals surface area contributed by atoms with E-state index in [9.17, 15) is 14.4 Å². The Balaban J connectivity index is 1.61. The van der Waals surface area contributed by atoms with E-state index in [1.165, 1.54) is 0 Å². The van der Waals surface area contributed by atoms with Crippen LogP contribution in [0.25, 0.3) is 0 Å². The summed E-state index contributed by atoms with van der Waals surface area (Å²) in [6.45, 7) is 5.95. The third-order valence-electron chi connectivity index (χ3n) is 5.13. The lowest BCUT2D eigenvalue weighted by Crippen LogP contribution is -2.52. The lowest BCUT2D eigenvalue weighted by atomic mass is 10.0. The van der Waals surface area contributed by atoms with Crippen LogP contribution < -0.4 is 5.32 Å². The first-order valence-electron chi connectivity index (χ1n) is 9.46. The van der Waals surface area contributed by atoms with Crippen molar-refractivity contribution < 1.29 is 14.4 Å². The van der Waals surface area contributed by atoms with Crippen LogP contribution in [0.2, 0.25) is 0 Å². The van der Waals surface area contributed by atoms with Crippen LogP contribution in [0.15, 0.2) is 18.2 Å². The molecule has 0 atom stereocenters. The number of benzene rings is 1. The number of fused-ring (bicyclic) bond motifs is 1. The van der Waals surface area contributed by atoms with Gasteiger partial charge in [0.2, 0.25) is 5.91 Å². The number of piperazine rings is 1. The summed E-state index contributed by atoms with van der Waals surface area (Å²) in [5.74, 6) is 0.274. The second-order valence-electron chi connectivity index (χ2n) is 7.40. The number of nitrogens with one attached hydrogen (secondary N) is 1. The quantitative estimate of drug-likeness (QED) is 0.828. The number of aryl methyl sites for hydroxylation is 1. The molecule has 0 saturated carbocycles.